The van der Waals surface area contributed by atoms with Gasteiger partial charge in [-0.3, -0.25) is 9.59 Å². The third kappa shape index (κ3) is 6.45. The number of aromatic nitrogens is 2. The van der Waals surface area contributed by atoms with Crippen LogP contribution in [0.5, 0.6) is 5.75 Å². The molecule has 7 nitrogen and oxygen atoms in total. The fourth-order valence-corrected chi connectivity index (χ4v) is 4.03. The number of nitrogens with zero attached hydrogens (tertiary/aromatic N) is 2. The van der Waals surface area contributed by atoms with Crippen molar-refractivity contribution in [2.45, 2.75) is 10.9 Å². The average Bonchev–Trinajstić information content (AvgIpc) is 3.21. The summed E-state index contributed by atoms with van der Waals surface area (Å²) in [7, 11) is 1.57. The fraction of sp³-hybridized carbons (Fsp3) is 0.158. The van der Waals surface area contributed by atoms with Gasteiger partial charge in [-0.05, 0) is 42.0 Å². The van der Waals surface area contributed by atoms with E-state index >= 15 is 0 Å². The molecule has 0 unspecified atom stereocenters. The lowest BCUT2D eigenvalue weighted by Gasteiger charge is -2.04. The van der Waals surface area contributed by atoms with Crippen molar-refractivity contribution in [3.05, 3.63) is 64.1 Å². The van der Waals surface area contributed by atoms with Crippen LogP contribution in [-0.2, 0) is 11.3 Å². The second-order valence-electron chi connectivity index (χ2n) is 5.75. The zero-order chi connectivity index (χ0) is 20.6. The van der Waals surface area contributed by atoms with Gasteiger partial charge in [0.15, 0.2) is 4.34 Å². The van der Waals surface area contributed by atoms with E-state index in [2.05, 4.69) is 20.8 Å². The number of thioether (sulfide) groups is 1. The van der Waals surface area contributed by atoms with E-state index < -0.39 is 0 Å². The van der Waals surface area contributed by atoms with Gasteiger partial charge in [-0.2, -0.15) is 0 Å². The van der Waals surface area contributed by atoms with E-state index in [0.717, 1.165) is 16.9 Å². The Morgan fingerprint density at radius 1 is 1.17 bits per heavy atom. The van der Waals surface area contributed by atoms with Crippen molar-refractivity contribution in [2.24, 2.45) is 0 Å². The molecule has 2 amide bonds. The van der Waals surface area contributed by atoms with Crippen molar-refractivity contribution in [2.75, 3.05) is 18.2 Å². The SMILES string of the molecule is COc1ccc(NC(=O)c2nnc(SCC(=O)NCc3cccc(Cl)c3)s2)cc1. The van der Waals surface area contributed by atoms with Crippen LogP contribution in [0.15, 0.2) is 52.9 Å². The van der Waals surface area contributed by atoms with Crippen LogP contribution in [0.1, 0.15) is 15.4 Å². The van der Waals surface area contributed by atoms with E-state index in [1.165, 1.54) is 11.8 Å². The van der Waals surface area contributed by atoms with Gasteiger partial charge in [-0.25, -0.2) is 0 Å². The summed E-state index contributed by atoms with van der Waals surface area (Å²) in [5.74, 6) is 0.375. The van der Waals surface area contributed by atoms with Gasteiger partial charge in [-0.15, -0.1) is 10.2 Å². The van der Waals surface area contributed by atoms with Crippen LogP contribution in [0, 0.1) is 0 Å². The van der Waals surface area contributed by atoms with E-state index in [-0.39, 0.29) is 22.6 Å². The number of halogens is 1. The molecule has 0 bridgehead atoms. The molecule has 0 saturated heterocycles. The number of methoxy groups -OCH3 is 1. The first-order valence-electron chi connectivity index (χ1n) is 8.46. The first kappa shape index (κ1) is 21.1. The molecule has 0 radical (unpaired) electrons. The maximum atomic E-state index is 12.3. The molecule has 3 rings (SSSR count). The lowest BCUT2D eigenvalue weighted by atomic mass is 10.2. The molecule has 0 saturated carbocycles. The van der Waals surface area contributed by atoms with Gasteiger partial charge in [0.1, 0.15) is 5.75 Å². The fourth-order valence-electron chi connectivity index (χ4n) is 2.24. The Hall–Kier alpha value is -2.62. The predicted molar refractivity (Wildman–Crippen MR) is 115 cm³/mol. The molecule has 10 heteroatoms. The van der Waals surface area contributed by atoms with Crippen molar-refractivity contribution in [1.82, 2.24) is 15.5 Å². The molecule has 0 aliphatic heterocycles. The summed E-state index contributed by atoms with van der Waals surface area (Å²) < 4.78 is 5.63. The normalized spacial score (nSPS) is 10.4. The first-order valence-corrected chi connectivity index (χ1v) is 10.6. The molecular formula is C19H17ClN4O3S2. The minimum atomic E-state index is -0.357. The van der Waals surface area contributed by atoms with Crippen LogP contribution < -0.4 is 15.4 Å². The largest absolute Gasteiger partial charge is 0.497 e. The quantitative estimate of drug-likeness (QED) is 0.508. The van der Waals surface area contributed by atoms with Crippen LogP contribution in [0.25, 0.3) is 0 Å². The van der Waals surface area contributed by atoms with Gasteiger partial charge in [0.25, 0.3) is 5.91 Å². The number of anilines is 1. The average molecular weight is 449 g/mol. The maximum absolute atomic E-state index is 12.3. The van der Waals surface area contributed by atoms with Crippen molar-refractivity contribution in [1.29, 1.82) is 0 Å². The zero-order valence-electron chi connectivity index (χ0n) is 15.3. The number of benzene rings is 2. The molecule has 0 aliphatic rings. The molecule has 3 aromatic rings. The highest BCUT2D eigenvalue weighted by molar-refractivity contribution is 8.01. The van der Waals surface area contributed by atoms with E-state index in [9.17, 15) is 9.59 Å². The summed E-state index contributed by atoms with van der Waals surface area (Å²) in [5.41, 5.74) is 1.55. The lowest BCUT2D eigenvalue weighted by Crippen LogP contribution is -2.24. The molecule has 150 valence electrons. The van der Waals surface area contributed by atoms with Gasteiger partial charge < -0.3 is 15.4 Å². The predicted octanol–water partition coefficient (Wildman–Crippen LogP) is 3.86. The monoisotopic (exact) mass is 448 g/mol. The van der Waals surface area contributed by atoms with Crippen LogP contribution >= 0.6 is 34.7 Å². The van der Waals surface area contributed by atoms with Crippen molar-refractivity contribution < 1.29 is 14.3 Å². The van der Waals surface area contributed by atoms with Crippen molar-refractivity contribution in [3.8, 4) is 5.75 Å². The Morgan fingerprint density at radius 3 is 2.69 bits per heavy atom. The molecule has 29 heavy (non-hydrogen) atoms. The van der Waals surface area contributed by atoms with Crippen LogP contribution in [-0.4, -0.2) is 34.9 Å². The highest BCUT2D eigenvalue weighted by atomic mass is 35.5. The summed E-state index contributed by atoms with van der Waals surface area (Å²) in [6.45, 7) is 0.394. The van der Waals surface area contributed by atoms with Gasteiger partial charge in [-0.1, -0.05) is 46.8 Å². The van der Waals surface area contributed by atoms with Crippen LogP contribution in [0.3, 0.4) is 0 Å². The first-order chi connectivity index (χ1) is 14.0. The third-order valence-corrected chi connectivity index (χ3v) is 5.94. The second-order valence-corrected chi connectivity index (χ2v) is 8.39. The molecule has 2 aromatic carbocycles. The maximum Gasteiger partial charge on any atom is 0.286 e. The zero-order valence-corrected chi connectivity index (χ0v) is 17.7. The Bertz CT molecular complexity index is 995. The van der Waals surface area contributed by atoms with Gasteiger partial charge in [0.05, 0.1) is 12.9 Å². The van der Waals surface area contributed by atoms with E-state index in [0.29, 0.717) is 27.3 Å². The smallest absolute Gasteiger partial charge is 0.286 e. The molecule has 0 spiro atoms. The molecular weight excluding hydrogens is 432 g/mol. The van der Waals surface area contributed by atoms with Crippen LogP contribution in [0.4, 0.5) is 5.69 Å². The van der Waals surface area contributed by atoms with Gasteiger partial charge in [0.2, 0.25) is 10.9 Å². The Balaban J connectivity index is 1.46. The molecule has 2 N–H and O–H groups in total. The minimum Gasteiger partial charge on any atom is -0.497 e. The topological polar surface area (TPSA) is 93.2 Å². The van der Waals surface area contributed by atoms with Crippen LogP contribution in [0.2, 0.25) is 5.02 Å². The summed E-state index contributed by atoms with van der Waals surface area (Å²) in [6, 6.07) is 14.3. The van der Waals surface area contributed by atoms with Gasteiger partial charge >= 0.3 is 0 Å². The molecule has 0 aliphatic carbocycles. The highest BCUT2D eigenvalue weighted by Crippen LogP contribution is 2.23. The number of ether oxygens (including phenoxy) is 1. The number of hydrogen-bond acceptors (Lipinski definition) is 7. The van der Waals surface area contributed by atoms with E-state index in [1.54, 1.807) is 43.5 Å². The van der Waals surface area contributed by atoms with Crippen molar-refractivity contribution in [3.63, 3.8) is 0 Å². The molecule has 0 fully saturated rings. The number of carbonyl (C=O) groups excluding carboxylic acids is 2. The van der Waals surface area contributed by atoms with E-state index in [1.807, 2.05) is 12.1 Å². The summed E-state index contributed by atoms with van der Waals surface area (Å²) >= 11 is 8.28. The lowest BCUT2D eigenvalue weighted by molar-refractivity contribution is -0.118. The van der Waals surface area contributed by atoms with Gasteiger partial charge in [0, 0.05) is 17.3 Å². The molecule has 1 heterocycles. The summed E-state index contributed by atoms with van der Waals surface area (Å²) in [5, 5.41) is 14.3. The minimum absolute atomic E-state index is 0.144. The Labute approximate surface area is 180 Å². The second kappa shape index (κ2) is 10.2. The Kier molecular flexibility index (Phi) is 7.45. The number of carbonyl (C=O) groups is 2. The Morgan fingerprint density at radius 2 is 1.97 bits per heavy atom. The number of nitrogens with one attached hydrogen (secondary N) is 2. The highest BCUT2D eigenvalue weighted by Gasteiger charge is 2.14. The molecule has 0 atom stereocenters. The standard InChI is InChI=1S/C19H17ClN4O3S2/c1-27-15-7-5-14(6-8-15)22-17(26)18-23-24-19(29-18)28-11-16(25)21-10-12-3-2-4-13(20)9-12/h2-9H,10-11H2,1H3,(H,21,25)(H,22,26). The summed E-state index contributed by atoms with van der Waals surface area (Å²) in [4.78, 5) is 24.3. The van der Waals surface area contributed by atoms with Crippen molar-refractivity contribution >= 4 is 52.2 Å². The third-order valence-electron chi connectivity index (χ3n) is 3.65. The summed E-state index contributed by atoms with van der Waals surface area (Å²) in [6.07, 6.45) is 0. The number of rotatable bonds is 8. The number of hydrogen-bond donors (Lipinski definition) is 2. The van der Waals surface area contributed by atoms with E-state index in [4.69, 9.17) is 16.3 Å². The molecule has 1 aromatic heterocycles. The number of amides is 2.